The summed E-state index contributed by atoms with van der Waals surface area (Å²) in [5, 5.41) is 0. The molecule has 0 amide bonds. The van der Waals surface area contributed by atoms with Gasteiger partial charge in [0.25, 0.3) is 0 Å². The van der Waals surface area contributed by atoms with Gasteiger partial charge in [0.05, 0.1) is 0 Å². The van der Waals surface area contributed by atoms with Gasteiger partial charge >= 0.3 is 0 Å². The van der Waals surface area contributed by atoms with E-state index >= 15 is 0 Å². The summed E-state index contributed by atoms with van der Waals surface area (Å²) in [6, 6.07) is 0. The summed E-state index contributed by atoms with van der Waals surface area (Å²) in [7, 11) is 0. The molecule has 15 heavy (non-hydrogen) atoms. The van der Waals surface area contributed by atoms with Crippen molar-refractivity contribution in [2.24, 2.45) is 0 Å². The first kappa shape index (κ1) is 20.8. The fraction of sp³-hybridized carbons (Fsp3) is 0. The average molecular weight is 233 g/mol. The first-order chi connectivity index (χ1) is 7.00. The minimum absolute atomic E-state index is 0. The Bertz CT molecular complexity index is 48.2. The Kier molecular flexibility index (Phi) is 33.2. The van der Waals surface area contributed by atoms with Gasteiger partial charge in [0.1, 0.15) is 0 Å². The maximum absolute atomic E-state index is 4.25. The van der Waals surface area contributed by atoms with Crippen LogP contribution in [0.25, 0.3) is 0 Å². The van der Waals surface area contributed by atoms with Gasteiger partial charge in [0, 0.05) is 21.7 Å². The molecule has 0 nitrogen and oxygen atoms in total. The van der Waals surface area contributed by atoms with E-state index < -0.39 is 0 Å². The summed E-state index contributed by atoms with van der Waals surface area (Å²) < 4.78 is 0. The van der Waals surface area contributed by atoms with Crippen LogP contribution in [0, 0.1) is 84.6 Å². The van der Waals surface area contributed by atoms with Crippen LogP contribution < -0.4 is 0 Å². The molecule has 78 valence electrons. The third-order valence-corrected chi connectivity index (χ3v) is 1.11. The number of rotatable bonds is 0. The van der Waals surface area contributed by atoms with E-state index in [0.29, 0.717) is 0 Å². The molecule has 12 radical (unpaired) electrons. The van der Waals surface area contributed by atoms with Crippen molar-refractivity contribution in [1.29, 1.82) is 0 Å². The predicted octanol–water partition coefficient (Wildman–Crippen LogP) is 3.30. The average Bonchev–Trinajstić information content (AvgIpc) is 3.01. The zero-order valence-corrected chi connectivity index (χ0v) is 10.5. The van der Waals surface area contributed by atoms with Crippen LogP contribution in [0.1, 0.15) is 0 Å². The molecule has 2 saturated carbocycles. The minimum Gasteiger partial charge on any atom is -0.521 e. The van der Waals surface area contributed by atoms with Gasteiger partial charge in [-0.05, 0) is 64.2 Å². The Labute approximate surface area is 113 Å². The molecule has 2 fully saturated rings. The topological polar surface area (TPSA) is 0 Å². The van der Waals surface area contributed by atoms with E-state index in [9.17, 15) is 0 Å². The SMILES string of the molecule is [CH-]=C.[CH2][CH2].[CH]1[CH][CH][CH][CH]1.[CH]1[CH][CH][CH][CH]1.[Ti]. The molecule has 0 heterocycles. The van der Waals surface area contributed by atoms with Crippen molar-refractivity contribution in [1.82, 2.24) is 0 Å². The Morgan fingerprint density at radius 3 is 0.600 bits per heavy atom. The summed E-state index contributed by atoms with van der Waals surface area (Å²) in [5.74, 6) is 0. The molecule has 0 spiro atoms. The van der Waals surface area contributed by atoms with Crippen molar-refractivity contribution in [2.75, 3.05) is 0 Å². The molecule has 0 aliphatic heterocycles. The van der Waals surface area contributed by atoms with Gasteiger partial charge in [-0.2, -0.15) is 0 Å². The predicted molar refractivity (Wildman–Crippen MR) is 63.6 cm³/mol. The monoisotopic (exact) mass is 233 g/mol. The second-order valence-corrected chi connectivity index (χ2v) is 1.92. The van der Waals surface area contributed by atoms with Gasteiger partial charge < -0.3 is 6.58 Å². The van der Waals surface area contributed by atoms with Crippen LogP contribution >= 0.6 is 0 Å². The summed E-state index contributed by atoms with van der Waals surface area (Å²) in [6.45, 7) is 13.0. The molecule has 0 aromatic heterocycles. The molecule has 2 aliphatic rings. The fourth-order valence-electron chi connectivity index (χ4n) is 0.642. The summed E-state index contributed by atoms with van der Waals surface area (Å²) >= 11 is 0. The van der Waals surface area contributed by atoms with Crippen LogP contribution in [0.3, 0.4) is 0 Å². The Morgan fingerprint density at radius 2 is 0.533 bits per heavy atom. The van der Waals surface area contributed by atoms with Gasteiger partial charge in [0.15, 0.2) is 0 Å². The summed E-state index contributed by atoms with van der Waals surface area (Å²) in [4.78, 5) is 0. The van der Waals surface area contributed by atoms with Crippen LogP contribution in [-0.4, -0.2) is 0 Å². The van der Waals surface area contributed by atoms with E-state index in [1.807, 2.05) is 64.2 Å². The van der Waals surface area contributed by atoms with E-state index in [2.05, 4.69) is 27.0 Å². The van der Waals surface area contributed by atoms with Crippen molar-refractivity contribution in [3.8, 4) is 0 Å². The summed E-state index contributed by atoms with van der Waals surface area (Å²) in [5.41, 5.74) is 0. The molecule has 0 bridgehead atoms. The van der Waals surface area contributed by atoms with Gasteiger partial charge in [-0.3, -0.25) is 6.58 Å². The Morgan fingerprint density at radius 1 is 0.467 bits per heavy atom. The van der Waals surface area contributed by atoms with Crippen LogP contribution in [0.15, 0.2) is 6.58 Å². The van der Waals surface area contributed by atoms with E-state index in [4.69, 9.17) is 0 Å². The van der Waals surface area contributed by atoms with Crippen LogP contribution in [0.2, 0.25) is 0 Å². The first-order valence-corrected chi connectivity index (χ1v) is 4.24. The molecular weight excluding hydrogens is 216 g/mol. The first-order valence-electron chi connectivity index (χ1n) is 4.24. The van der Waals surface area contributed by atoms with Crippen molar-refractivity contribution in [3.05, 3.63) is 91.2 Å². The van der Waals surface area contributed by atoms with E-state index in [-0.39, 0.29) is 21.7 Å². The second-order valence-electron chi connectivity index (χ2n) is 1.92. The van der Waals surface area contributed by atoms with Gasteiger partial charge in [-0.1, -0.05) is 13.8 Å². The fourth-order valence-corrected chi connectivity index (χ4v) is 0.642. The van der Waals surface area contributed by atoms with Crippen molar-refractivity contribution < 1.29 is 21.7 Å². The maximum atomic E-state index is 4.25. The molecule has 2 rings (SSSR count). The smallest absolute Gasteiger partial charge is 0 e. The zero-order valence-electron chi connectivity index (χ0n) is 8.97. The number of hydrogen-bond donors (Lipinski definition) is 0. The number of hydrogen-bond acceptors (Lipinski definition) is 0. The molecule has 0 saturated heterocycles. The molecule has 0 aromatic rings. The molecule has 0 aromatic carbocycles. The molecular formula is C14H17Ti-. The standard InChI is InChI=1S/2C5H5.C2H4.C2H3.Ti/c2*1-2-4-5-3-1;2*1-2;/h2*1-5H;1-2H2;1H,2H2;/q;;;-1;. The van der Waals surface area contributed by atoms with E-state index in [1.165, 1.54) is 0 Å². The third-order valence-electron chi connectivity index (χ3n) is 1.11. The molecule has 2 aliphatic carbocycles. The van der Waals surface area contributed by atoms with Crippen molar-refractivity contribution >= 4 is 0 Å². The van der Waals surface area contributed by atoms with E-state index in [0.717, 1.165) is 0 Å². The maximum Gasteiger partial charge on any atom is 0 e. The normalized spacial score (nSPS) is 16.7. The van der Waals surface area contributed by atoms with Crippen molar-refractivity contribution in [3.63, 3.8) is 0 Å². The molecule has 1 heteroatoms. The van der Waals surface area contributed by atoms with Crippen LogP contribution in [-0.2, 0) is 21.7 Å². The molecule has 0 atom stereocenters. The third kappa shape index (κ3) is 20.5. The molecule has 0 N–H and O–H groups in total. The Balaban J connectivity index is -0.000000138. The molecule has 0 unspecified atom stereocenters. The van der Waals surface area contributed by atoms with E-state index in [1.54, 1.807) is 0 Å². The minimum atomic E-state index is 0. The van der Waals surface area contributed by atoms with Gasteiger partial charge in [-0.25, -0.2) is 0 Å². The zero-order chi connectivity index (χ0) is 11.1. The van der Waals surface area contributed by atoms with Gasteiger partial charge in [-0.15, -0.1) is 0 Å². The Hall–Kier alpha value is 0.454. The van der Waals surface area contributed by atoms with Crippen LogP contribution in [0.5, 0.6) is 0 Å². The van der Waals surface area contributed by atoms with Crippen molar-refractivity contribution in [2.45, 2.75) is 0 Å². The largest absolute Gasteiger partial charge is 0.521 e. The second kappa shape index (κ2) is 23.9. The summed E-state index contributed by atoms with van der Waals surface area (Å²) in [6.07, 6.45) is 20.0. The van der Waals surface area contributed by atoms with Crippen LogP contribution in [0.4, 0.5) is 0 Å². The van der Waals surface area contributed by atoms with Gasteiger partial charge in [0.2, 0.25) is 0 Å². The quantitative estimate of drug-likeness (QED) is 0.445.